The standard InChI is InChI=1S/C27H30ClN5O2/c1-35-25-11-5-2-8-21(25)23-12-13-26(30-29-23)33-14-6-7-20(19-33)27(34)32-17-15-31(16-18-32)24-10-4-3-9-22(24)28/h2-5,8-13,20H,6-7,14-19H2,1H3. The van der Waals surface area contributed by atoms with E-state index in [1.165, 1.54) is 0 Å². The molecule has 5 rings (SSSR count). The molecule has 1 unspecified atom stereocenters. The minimum Gasteiger partial charge on any atom is -0.496 e. The summed E-state index contributed by atoms with van der Waals surface area (Å²) in [4.78, 5) is 19.8. The predicted octanol–water partition coefficient (Wildman–Crippen LogP) is 4.37. The predicted molar refractivity (Wildman–Crippen MR) is 139 cm³/mol. The van der Waals surface area contributed by atoms with Gasteiger partial charge in [0.2, 0.25) is 5.91 Å². The van der Waals surface area contributed by atoms with Gasteiger partial charge in [0.05, 0.1) is 29.4 Å². The number of halogens is 1. The van der Waals surface area contributed by atoms with Gasteiger partial charge in [-0.1, -0.05) is 35.9 Å². The number of methoxy groups -OCH3 is 1. The molecule has 2 aliphatic rings. The third-order valence-electron chi connectivity index (χ3n) is 6.91. The van der Waals surface area contributed by atoms with Gasteiger partial charge in [-0.05, 0) is 49.2 Å². The van der Waals surface area contributed by atoms with Gasteiger partial charge in [0.1, 0.15) is 5.75 Å². The third kappa shape index (κ3) is 5.05. The zero-order valence-corrected chi connectivity index (χ0v) is 20.7. The smallest absolute Gasteiger partial charge is 0.227 e. The SMILES string of the molecule is COc1ccccc1-c1ccc(N2CCCC(C(=O)N3CCN(c4ccccc4Cl)CC3)C2)nn1. The second-order valence-corrected chi connectivity index (χ2v) is 9.43. The molecule has 0 spiro atoms. The normalized spacial score (nSPS) is 18.5. The fourth-order valence-electron chi connectivity index (χ4n) is 5.01. The van der Waals surface area contributed by atoms with Crippen molar-refractivity contribution in [2.24, 2.45) is 5.92 Å². The zero-order chi connectivity index (χ0) is 24.2. The highest BCUT2D eigenvalue weighted by Crippen LogP contribution is 2.30. The van der Waals surface area contributed by atoms with E-state index in [9.17, 15) is 4.79 Å². The highest BCUT2D eigenvalue weighted by molar-refractivity contribution is 6.33. The van der Waals surface area contributed by atoms with Crippen LogP contribution in [0.3, 0.4) is 0 Å². The molecule has 2 saturated heterocycles. The summed E-state index contributed by atoms with van der Waals surface area (Å²) in [6.07, 6.45) is 1.87. The van der Waals surface area contributed by atoms with Crippen LogP contribution in [0.4, 0.5) is 11.5 Å². The first-order chi connectivity index (χ1) is 17.1. The molecule has 0 radical (unpaired) electrons. The van der Waals surface area contributed by atoms with Crippen LogP contribution in [0.1, 0.15) is 12.8 Å². The van der Waals surface area contributed by atoms with Crippen molar-refractivity contribution >= 4 is 29.0 Å². The van der Waals surface area contributed by atoms with Crippen molar-refractivity contribution in [1.29, 1.82) is 0 Å². The Balaban J connectivity index is 1.21. The number of para-hydroxylation sites is 2. The lowest BCUT2D eigenvalue weighted by Gasteiger charge is -2.40. The lowest BCUT2D eigenvalue weighted by molar-refractivity contribution is -0.136. The number of nitrogens with zero attached hydrogens (tertiary/aromatic N) is 5. The maximum atomic E-state index is 13.4. The fourth-order valence-corrected chi connectivity index (χ4v) is 5.27. The Morgan fingerprint density at radius 1 is 0.914 bits per heavy atom. The van der Waals surface area contributed by atoms with Gasteiger partial charge in [-0.2, -0.15) is 0 Å². The molecule has 7 nitrogen and oxygen atoms in total. The van der Waals surface area contributed by atoms with Crippen LogP contribution in [-0.2, 0) is 4.79 Å². The van der Waals surface area contributed by atoms with Gasteiger partial charge < -0.3 is 19.4 Å². The number of hydrogen-bond donors (Lipinski definition) is 0. The first-order valence-corrected chi connectivity index (χ1v) is 12.5. The Kier molecular flexibility index (Phi) is 7.04. The lowest BCUT2D eigenvalue weighted by atomic mass is 9.96. The topological polar surface area (TPSA) is 61.8 Å². The van der Waals surface area contributed by atoms with Gasteiger partial charge in [0.25, 0.3) is 0 Å². The summed E-state index contributed by atoms with van der Waals surface area (Å²) in [5, 5.41) is 9.70. The van der Waals surface area contributed by atoms with Crippen LogP contribution >= 0.6 is 11.6 Å². The highest BCUT2D eigenvalue weighted by Gasteiger charge is 2.32. The van der Waals surface area contributed by atoms with Crippen LogP contribution in [0.5, 0.6) is 5.75 Å². The number of hydrogen-bond acceptors (Lipinski definition) is 6. The molecule has 0 saturated carbocycles. The summed E-state index contributed by atoms with van der Waals surface area (Å²) in [6, 6.07) is 19.6. The van der Waals surface area contributed by atoms with Gasteiger partial charge in [-0.25, -0.2) is 0 Å². The van der Waals surface area contributed by atoms with E-state index in [1.807, 2.05) is 65.6 Å². The van der Waals surface area contributed by atoms with E-state index in [0.717, 1.165) is 66.0 Å². The molecule has 3 aromatic rings. The molecule has 35 heavy (non-hydrogen) atoms. The van der Waals surface area contributed by atoms with E-state index in [1.54, 1.807) is 7.11 Å². The number of aromatic nitrogens is 2. The molecule has 2 aliphatic heterocycles. The summed E-state index contributed by atoms with van der Waals surface area (Å²) >= 11 is 6.37. The molecule has 0 N–H and O–H groups in total. The number of carbonyl (C=O) groups excluding carboxylic acids is 1. The number of amides is 1. The summed E-state index contributed by atoms with van der Waals surface area (Å²) < 4.78 is 5.45. The van der Waals surface area contributed by atoms with E-state index >= 15 is 0 Å². The maximum absolute atomic E-state index is 13.4. The van der Waals surface area contributed by atoms with Crippen LogP contribution in [0.15, 0.2) is 60.7 Å². The molecular weight excluding hydrogens is 462 g/mol. The van der Waals surface area contributed by atoms with Crippen LogP contribution in [-0.4, -0.2) is 67.4 Å². The van der Waals surface area contributed by atoms with Crippen molar-refractivity contribution in [2.75, 3.05) is 56.2 Å². The number of anilines is 2. The fraction of sp³-hybridized carbons (Fsp3) is 0.370. The Morgan fingerprint density at radius 3 is 2.43 bits per heavy atom. The summed E-state index contributed by atoms with van der Waals surface area (Å²) in [5.41, 5.74) is 2.73. The van der Waals surface area contributed by atoms with Crippen molar-refractivity contribution in [3.63, 3.8) is 0 Å². The Morgan fingerprint density at radius 2 is 1.69 bits per heavy atom. The Labute approximate surface area is 211 Å². The molecule has 1 aromatic heterocycles. The summed E-state index contributed by atoms with van der Waals surface area (Å²) in [7, 11) is 1.65. The van der Waals surface area contributed by atoms with Crippen LogP contribution in [0.25, 0.3) is 11.3 Å². The van der Waals surface area contributed by atoms with Crippen LogP contribution in [0, 0.1) is 5.92 Å². The average Bonchev–Trinajstić information content (AvgIpc) is 2.93. The minimum atomic E-state index is -0.0219. The second kappa shape index (κ2) is 10.5. The van der Waals surface area contributed by atoms with Gasteiger partial charge in [-0.15, -0.1) is 10.2 Å². The molecule has 3 heterocycles. The third-order valence-corrected chi connectivity index (χ3v) is 7.23. The molecule has 2 aromatic carbocycles. The van der Waals surface area contributed by atoms with Crippen molar-refractivity contribution in [3.05, 3.63) is 65.7 Å². The minimum absolute atomic E-state index is 0.0219. The molecule has 1 amide bonds. The lowest BCUT2D eigenvalue weighted by Crippen LogP contribution is -2.52. The first kappa shape index (κ1) is 23.4. The highest BCUT2D eigenvalue weighted by atomic mass is 35.5. The molecule has 1 atom stereocenters. The summed E-state index contributed by atoms with van der Waals surface area (Å²) in [6.45, 7) is 4.57. The van der Waals surface area contributed by atoms with Gasteiger partial charge in [0.15, 0.2) is 5.82 Å². The number of ether oxygens (including phenoxy) is 1. The van der Waals surface area contributed by atoms with E-state index in [4.69, 9.17) is 16.3 Å². The maximum Gasteiger partial charge on any atom is 0.227 e. The first-order valence-electron chi connectivity index (χ1n) is 12.1. The van der Waals surface area contributed by atoms with Crippen LogP contribution < -0.4 is 14.5 Å². The van der Waals surface area contributed by atoms with Gasteiger partial charge in [0, 0.05) is 44.8 Å². The monoisotopic (exact) mass is 491 g/mol. The number of carbonyl (C=O) groups is 1. The Bertz CT molecular complexity index is 1160. The second-order valence-electron chi connectivity index (χ2n) is 9.03. The molecular formula is C27H30ClN5O2. The van der Waals surface area contributed by atoms with E-state index in [0.29, 0.717) is 19.6 Å². The van der Waals surface area contributed by atoms with Crippen molar-refractivity contribution in [2.45, 2.75) is 12.8 Å². The summed E-state index contributed by atoms with van der Waals surface area (Å²) in [5.74, 6) is 1.80. The number of benzene rings is 2. The van der Waals surface area contributed by atoms with Crippen LogP contribution in [0.2, 0.25) is 5.02 Å². The van der Waals surface area contributed by atoms with Gasteiger partial charge in [-0.3, -0.25) is 4.79 Å². The van der Waals surface area contributed by atoms with Crippen molar-refractivity contribution in [1.82, 2.24) is 15.1 Å². The molecule has 0 aliphatic carbocycles. The van der Waals surface area contributed by atoms with E-state index in [2.05, 4.69) is 20.0 Å². The number of piperidine rings is 1. The molecule has 182 valence electrons. The molecule has 8 heteroatoms. The largest absolute Gasteiger partial charge is 0.496 e. The zero-order valence-electron chi connectivity index (χ0n) is 19.9. The van der Waals surface area contributed by atoms with E-state index < -0.39 is 0 Å². The number of piperazine rings is 1. The number of rotatable bonds is 5. The average molecular weight is 492 g/mol. The van der Waals surface area contributed by atoms with Crippen molar-refractivity contribution < 1.29 is 9.53 Å². The quantitative estimate of drug-likeness (QED) is 0.528. The molecule has 0 bridgehead atoms. The van der Waals surface area contributed by atoms with Gasteiger partial charge >= 0.3 is 0 Å². The molecule has 2 fully saturated rings. The van der Waals surface area contributed by atoms with Crippen molar-refractivity contribution in [3.8, 4) is 17.0 Å². The van der Waals surface area contributed by atoms with E-state index in [-0.39, 0.29) is 11.8 Å². The Hall–Kier alpha value is -3.32.